The predicted octanol–water partition coefficient (Wildman–Crippen LogP) is 5.39. The Bertz CT molecular complexity index is 1370. The summed E-state index contributed by atoms with van der Waals surface area (Å²) in [5.74, 6) is 2.05. The van der Waals surface area contributed by atoms with E-state index in [9.17, 15) is 14.4 Å². The monoisotopic (exact) mass is 545 g/mol. The number of carbonyl (C=O) groups excluding carboxylic acids is 2. The van der Waals surface area contributed by atoms with Gasteiger partial charge in [-0.2, -0.15) is 0 Å². The second-order valence-electron chi connectivity index (χ2n) is 14.1. The smallest absolute Gasteiger partial charge is 0.323 e. The number of carbonyl (C=O) groups is 2. The molecular formula is C32H43N5O3. The van der Waals surface area contributed by atoms with Crippen LogP contribution in [0.15, 0.2) is 29.1 Å². The first-order chi connectivity index (χ1) is 19.2. The number of para-hydroxylation sites is 2. The average molecular weight is 546 g/mol. The Balaban J connectivity index is 1.24. The van der Waals surface area contributed by atoms with Crippen LogP contribution in [0.5, 0.6) is 0 Å². The van der Waals surface area contributed by atoms with Crippen molar-refractivity contribution in [2.75, 3.05) is 4.90 Å². The summed E-state index contributed by atoms with van der Waals surface area (Å²) in [6, 6.07) is 8.71. The fraction of sp³-hybridized carbons (Fsp3) is 0.688. The Morgan fingerprint density at radius 1 is 0.825 bits per heavy atom. The van der Waals surface area contributed by atoms with Crippen LogP contribution in [0.1, 0.15) is 97.4 Å². The first kappa shape index (κ1) is 26.2. The van der Waals surface area contributed by atoms with Gasteiger partial charge in [-0.25, -0.2) is 14.7 Å². The van der Waals surface area contributed by atoms with E-state index in [1.165, 1.54) is 57.8 Å². The number of hydrogen-bond acceptors (Lipinski definition) is 5. The Hall–Kier alpha value is -2.74. The molecule has 0 spiro atoms. The SMILES string of the molecule is CC1CC2CCC(C1)CC(N1C3CCCC1CC(n1c(=O)c(N4C(=O)NC(C)(C)C4=O)nc4ccccc41)C3)C2. The summed E-state index contributed by atoms with van der Waals surface area (Å²) in [5.41, 5.74) is 0.0194. The highest BCUT2D eigenvalue weighted by molar-refractivity contribution is 6.22. The van der Waals surface area contributed by atoms with Gasteiger partial charge in [-0.3, -0.25) is 14.5 Å². The molecule has 4 atom stereocenters. The highest BCUT2D eigenvalue weighted by Gasteiger charge is 2.48. The molecule has 3 amide bonds. The van der Waals surface area contributed by atoms with Crippen LogP contribution in [-0.4, -0.2) is 50.1 Å². The topological polar surface area (TPSA) is 87.5 Å². The molecule has 5 fully saturated rings. The summed E-state index contributed by atoms with van der Waals surface area (Å²) in [5, 5.41) is 2.71. The molecule has 7 rings (SSSR count). The number of piperidine rings is 2. The van der Waals surface area contributed by atoms with E-state index < -0.39 is 17.5 Å². The van der Waals surface area contributed by atoms with E-state index in [-0.39, 0.29) is 17.4 Å². The molecule has 5 aliphatic rings. The van der Waals surface area contributed by atoms with E-state index in [0.29, 0.717) is 23.6 Å². The van der Waals surface area contributed by atoms with E-state index in [2.05, 4.69) is 22.1 Å². The van der Waals surface area contributed by atoms with Crippen molar-refractivity contribution in [3.63, 3.8) is 0 Å². The maximum absolute atomic E-state index is 14.2. The average Bonchev–Trinajstić information content (AvgIpc) is 3.07. The Morgan fingerprint density at radius 2 is 1.48 bits per heavy atom. The van der Waals surface area contributed by atoms with Crippen molar-refractivity contribution in [2.45, 2.75) is 121 Å². The van der Waals surface area contributed by atoms with Crippen molar-refractivity contribution >= 4 is 28.8 Å². The molecule has 1 aromatic carbocycles. The number of amides is 3. The zero-order valence-electron chi connectivity index (χ0n) is 24.1. The third-order valence-electron chi connectivity index (χ3n) is 10.8. The molecule has 8 heteroatoms. The lowest BCUT2D eigenvalue weighted by Crippen LogP contribution is -2.57. The molecular weight excluding hydrogens is 502 g/mol. The van der Waals surface area contributed by atoms with Gasteiger partial charge in [0.05, 0.1) is 11.0 Å². The minimum Gasteiger partial charge on any atom is -0.323 e. The molecule has 4 unspecified atom stereocenters. The highest BCUT2D eigenvalue weighted by atomic mass is 16.2. The number of hydrogen-bond donors (Lipinski definition) is 1. The van der Waals surface area contributed by atoms with Crippen LogP contribution >= 0.6 is 0 Å². The van der Waals surface area contributed by atoms with Crippen LogP contribution < -0.4 is 15.8 Å². The van der Waals surface area contributed by atoms with Crippen molar-refractivity contribution in [1.29, 1.82) is 0 Å². The van der Waals surface area contributed by atoms with Crippen molar-refractivity contribution in [1.82, 2.24) is 19.8 Å². The van der Waals surface area contributed by atoms with Gasteiger partial charge in [-0.05, 0) is 95.1 Å². The van der Waals surface area contributed by atoms with Gasteiger partial charge < -0.3 is 9.88 Å². The predicted molar refractivity (Wildman–Crippen MR) is 155 cm³/mol. The lowest BCUT2D eigenvalue weighted by Gasteiger charge is -2.53. The number of nitrogens with zero attached hydrogens (tertiary/aromatic N) is 4. The van der Waals surface area contributed by atoms with Crippen LogP contribution in [0.2, 0.25) is 0 Å². The molecule has 1 aromatic heterocycles. The first-order valence-corrected chi connectivity index (χ1v) is 15.6. The van der Waals surface area contributed by atoms with E-state index in [1.807, 2.05) is 28.8 Å². The Morgan fingerprint density at radius 3 is 2.10 bits per heavy atom. The molecule has 214 valence electrons. The summed E-state index contributed by atoms with van der Waals surface area (Å²) in [6.07, 6.45) is 13.7. The number of urea groups is 1. The van der Waals surface area contributed by atoms with Crippen LogP contribution in [0.25, 0.3) is 11.0 Å². The molecule has 0 radical (unpaired) electrons. The summed E-state index contributed by atoms with van der Waals surface area (Å²) >= 11 is 0. The van der Waals surface area contributed by atoms with Crippen molar-refractivity contribution in [3.8, 4) is 0 Å². The van der Waals surface area contributed by atoms with Crippen LogP contribution in [0.3, 0.4) is 0 Å². The molecule has 2 saturated carbocycles. The first-order valence-electron chi connectivity index (χ1n) is 15.6. The second kappa shape index (κ2) is 9.68. The lowest BCUT2D eigenvalue weighted by atomic mass is 9.76. The van der Waals surface area contributed by atoms with Gasteiger partial charge in [0.15, 0.2) is 0 Å². The molecule has 40 heavy (non-hydrogen) atoms. The van der Waals surface area contributed by atoms with E-state index in [4.69, 9.17) is 0 Å². The largest absolute Gasteiger partial charge is 0.331 e. The summed E-state index contributed by atoms with van der Waals surface area (Å²) in [4.78, 5) is 48.7. The van der Waals surface area contributed by atoms with Crippen LogP contribution in [-0.2, 0) is 4.79 Å². The summed E-state index contributed by atoms with van der Waals surface area (Å²) in [7, 11) is 0. The minimum absolute atomic E-state index is 0.0183. The maximum Gasteiger partial charge on any atom is 0.331 e. The third kappa shape index (κ3) is 4.29. The van der Waals surface area contributed by atoms with Gasteiger partial charge in [0.2, 0.25) is 5.82 Å². The number of benzene rings is 1. The number of nitrogens with one attached hydrogen (secondary N) is 1. The number of imide groups is 1. The molecule has 2 aromatic rings. The Kier molecular flexibility index (Phi) is 6.33. The summed E-state index contributed by atoms with van der Waals surface area (Å²) < 4.78 is 1.88. The van der Waals surface area contributed by atoms with Gasteiger partial charge in [0, 0.05) is 24.2 Å². The van der Waals surface area contributed by atoms with Crippen LogP contribution in [0.4, 0.5) is 10.6 Å². The van der Waals surface area contributed by atoms with E-state index in [1.54, 1.807) is 13.8 Å². The number of anilines is 1. The fourth-order valence-electron chi connectivity index (χ4n) is 9.27. The zero-order valence-corrected chi connectivity index (χ0v) is 24.1. The lowest BCUT2D eigenvalue weighted by molar-refractivity contribution is -0.121. The van der Waals surface area contributed by atoms with Gasteiger partial charge in [-0.15, -0.1) is 0 Å². The third-order valence-corrected chi connectivity index (χ3v) is 10.8. The number of rotatable bonds is 3. The quantitative estimate of drug-likeness (QED) is 0.522. The second-order valence-corrected chi connectivity index (χ2v) is 14.1. The number of aromatic nitrogens is 2. The van der Waals surface area contributed by atoms with Gasteiger partial charge in [0.1, 0.15) is 5.54 Å². The molecule has 3 saturated heterocycles. The zero-order chi connectivity index (χ0) is 27.8. The van der Waals surface area contributed by atoms with Gasteiger partial charge in [-0.1, -0.05) is 38.3 Å². The summed E-state index contributed by atoms with van der Waals surface area (Å²) in [6.45, 7) is 5.77. The molecule has 8 nitrogen and oxygen atoms in total. The highest BCUT2D eigenvalue weighted by Crippen LogP contribution is 2.47. The molecule has 3 aliphatic heterocycles. The normalized spacial score (nSPS) is 36.0. The van der Waals surface area contributed by atoms with E-state index in [0.717, 1.165) is 41.0 Å². The minimum atomic E-state index is -1.07. The van der Waals surface area contributed by atoms with Crippen molar-refractivity contribution < 1.29 is 9.59 Å². The van der Waals surface area contributed by atoms with Crippen molar-refractivity contribution in [3.05, 3.63) is 34.6 Å². The van der Waals surface area contributed by atoms with Gasteiger partial charge >= 0.3 is 6.03 Å². The fourth-order valence-corrected chi connectivity index (χ4v) is 9.27. The number of fused-ring (bicyclic) bond motifs is 6. The molecule has 4 heterocycles. The standard InChI is InChI=1S/C32H43N5O3/c1-19-13-20-11-12-21(14-19)16-24(15-20)35-22-7-6-8-23(35)18-25(17-22)36-27-10-5-4-9-26(27)33-28(29(36)38)37-30(39)32(2,3)34-31(37)40/h4-5,9-10,19-25H,6-8,11-18H2,1-3H3,(H,34,40). The van der Waals surface area contributed by atoms with E-state index >= 15 is 0 Å². The molecule has 4 bridgehead atoms. The van der Waals surface area contributed by atoms with Gasteiger partial charge in [0.25, 0.3) is 11.5 Å². The van der Waals surface area contributed by atoms with Crippen molar-refractivity contribution in [2.24, 2.45) is 17.8 Å². The molecule has 1 N–H and O–H groups in total. The van der Waals surface area contributed by atoms with Crippen LogP contribution in [0, 0.1) is 17.8 Å². The Labute approximate surface area is 236 Å². The maximum atomic E-state index is 14.2. The molecule has 2 aliphatic carbocycles.